The Morgan fingerprint density at radius 1 is 1.00 bits per heavy atom. The topological polar surface area (TPSA) is 49.4 Å². The highest BCUT2D eigenvalue weighted by molar-refractivity contribution is 5.88. The average Bonchev–Trinajstić information content (AvgIpc) is 2.67. The average molecular weight is 381 g/mol. The highest BCUT2D eigenvalue weighted by Gasteiger charge is 2.26. The molecule has 1 atom stereocenters. The maximum atomic E-state index is 13.2. The van der Waals surface area contributed by atoms with Crippen LogP contribution in [-0.4, -0.2) is 29.3 Å². The molecule has 150 valence electrons. The molecule has 0 aliphatic carbocycles. The van der Waals surface area contributed by atoms with Crippen LogP contribution in [-0.2, 0) is 22.6 Å². The SMILES string of the molecule is CCCNC(=O)[C@H](C)N(Cc1ccccc1C)C(=O)Cc1ccc(C)c(C)c1. The molecule has 2 aromatic rings. The van der Waals surface area contributed by atoms with Crippen LogP contribution in [0.15, 0.2) is 42.5 Å². The van der Waals surface area contributed by atoms with Crippen LogP contribution < -0.4 is 5.32 Å². The van der Waals surface area contributed by atoms with Gasteiger partial charge in [0.1, 0.15) is 6.04 Å². The number of amides is 2. The minimum atomic E-state index is -0.523. The molecule has 2 aromatic carbocycles. The van der Waals surface area contributed by atoms with Crippen molar-refractivity contribution >= 4 is 11.8 Å². The van der Waals surface area contributed by atoms with E-state index in [1.807, 2.05) is 57.2 Å². The number of nitrogens with one attached hydrogen (secondary N) is 1. The third kappa shape index (κ3) is 5.69. The van der Waals surface area contributed by atoms with Gasteiger partial charge in [0.05, 0.1) is 6.42 Å². The summed E-state index contributed by atoms with van der Waals surface area (Å²) in [6.07, 6.45) is 1.16. The summed E-state index contributed by atoms with van der Waals surface area (Å²) in [5.41, 5.74) is 5.53. The van der Waals surface area contributed by atoms with Crippen LogP contribution in [0.5, 0.6) is 0 Å². The van der Waals surface area contributed by atoms with Gasteiger partial charge in [-0.05, 0) is 61.9 Å². The van der Waals surface area contributed by atoms with Gasteiger partial charge in [0.2, 0.25) is 11.8 Å². The minimum absolute atomic E-state index is 0.0364. The minimum Gasteiger partial charge on any atom is -0.354 e. The molecule has 0 heterocycles. The lowest BCUT2D eigenvalue weighted by atomic mass is 10.0. The Labute approximate surface area is 169 Å². The zero-order valence-corrected chi connectivity index (χ0v) is 17.7. The van der Waals surface area contributed by atoms with Gasteiger partial charge in [-0.15, -0.1) is 0 Å². The van der Waals surface area contributed by atoms with E-state index in [0.717, 1.165) is 23.1 Å². The zero-order valence-electron chi connectivity index (χ0n) is 17.7. The van der Waals surface area contributed by atoms with Gasteiger partial charge in [-0.1, -0.05) is 49.4 Å². The molecule has 0 spiro atoms. The zero-order chi connectivity index (χ0) is 20.7. The molecule has 4 nitrogen and oxygen atoms in total. The lowest BCUT2D eigenvalue weighted by molar-refractivity contribution is -0.140. The van der Waals surface area contributed by atoms with E-state index in [-0.39, 0.29) is 11.8 Å². The number of carbonyl (C=O) groups is 2. The lowest BCUT2D eigenvalue weighted by Gasteiger charge is -2.29. The van der Waals surface area contributed by atoms with Crippen LogP contribution in [0.4, 0.5) is 0 Å². The molecule has 0 radical (unpaired) electrons. The summed E-state index contributed by atoms with van der Waals surface area (Å²) < 4.78 is 0. The first-order valence-corrected chi connectivity index (χ1v) is 10.0. The normalized spacial score (nSPS) is 11.8. The van der Waals surface area contributed by atoms with Crippen LogP contribution >= 0.6 is 0 Å². The monoisotopic (exact) mass is 380 g/mol. The Hall–Kier alpha value is -2.62. The largest absolute Gasteiger partial charge is 0.354 e. The van der Waals surface area contributed by atoms with Gasteiger partial charge in [-0.25, -0.2) is 0 Å². The first kappa shape index (κ1) is 21.7. The molecule has 0 aliphatic heterocycles. The predicted molar refractivity (Wildman–Crippen MR) is 114 cm³/mol. The summed E-state index contributed by atoms with van der Waals surface area (Å²) in [6.45, 7) is 11.0. The van der Waals surface area contributed by atoms with Gasteiger partial charge in [-0.2, -0.15) is 0 Å². The Bertz CT molecular complexity index is 829. The Kier molecular flexibility index (Phi) is 7.80. The van der Waals surface area contributed by atoms with E-state index >= 15 is 0 Å². The van der Waals surface area contributed by atoms with Crippen molar-refractivity contribution in [3.8, 4) is 0 Å². The molecule has 2 rings (SSSR count). The van der Waals surface area contributed by atoms with Gasteiger partial charge in [0.15, 0.2) is 0 Å². The Balaban J connectivity index is 2.25. The molecule has 0 aromatic heterocycles. The van der Waals surface area contributed by atoms with Crippen molar-refractivity contribution in [2.75, 3.05) is 6.54 Å². The summed E-state index contributed by atoms with van der Waals surface area (Å²) in [5, 5.41) is 2.92. The maximum Gasteiger partial charge on any atom is 0.242 e. The molecule has 0 fully saturated rings. The summed E-state index contributed by atoms with van der Waals surface area (Å²) in [5.74, 6) is -0.144. The number of benzene rings is 2. The van der Waals surface area contributed by atoms with Crippen molar-refractivity contribution in [3.05, 3.63) is 70.3 Å². The smallest absolute Gasteiger partial charge is 0.242 e. The second-order valence-electron chi connectivity index (χ2n) is 7.51. The standard InChI is InChI=1S/C24H32N2O2/c1-6-13-25-24(28)20(5)26(16-22-10-8-7-9-18(22)3)23(27)15-21-12-11-17(2)19(4)14-21/h7-12,14,20H,6,13,15-16H2,1-5H3,(H,25,28)/t20-/m0/s1. The second-order valence-corrected chi connectivity index (χ2v) is 7.51. The third-order valence-corrected chi connectivity index (χ3v) is 5.25. The van der Waals surface area contributed by atoms with E-state index in [1.165, 1.54) is 11.1 Å². The molecule has 0 saturated carbocycles. The lowest BCUT2D eigenvalue weighted by Crippen LogP contribution is -2.48. The van der Waals surface area contributed by atoms with Gasteiger partial charge >= 0.3 is 0 Å². The highest BCUT2D eigenvalue weighted by atomic mass is 16.2. The molecule has 1 N–H and O–H groups in total. The van der Waals surface area contributed by atoms with Crippen LogP contribution in [0, 0.1) is 20.8 Å². The summed E-state index contributed by atoms with van der Waals surface area (Å²) in [7, 11) is 0. The molecule has 4 heteroatoms. The van der Waals surface area contributed by atoms with E-state index < -0.39 is 6.04 Å². The first-order chi connectivity index (χ1) is 13.3. The quantitative estimate of drug-likeness (QED) is 0.750. The fraction of sp³-hybridized carbons (Fsp3) is 0.417. The second kappa shape index (κ2) is 10.1. The molecule has 0 unspecified atom stereocenters. The van der Waals surface area contributed by atoms with E-state index in [2.05, 4.69) is 25.2 Å². The van der Waals surface area contributed by atoms with Crippen molar-refractivity contribution in [3.63, 3.8) is 0 Å². The molecule has 0 aliphatic rings. The molecule has 0 bridgehead atoms. The van der Waals surface area contributed by atoms with Crippen LogP contribution in [0.2, 0.25) is 0 Å². The number of hydrogen-bond donors (Lipinski definition) is 1. The number of rotatable bonds is 8. The van der Waals surface area contributed by atoms with Crippen molar-refractivity contribution in [1.29, 1.82) is 0 Å². The van der Waals surface area contributed by atoms with E-state index in [9.17, 15) is 9.59 Å². The fourth-order valence-corrected chi connectivity index (χ4v) is 3.14. The van der Waals surface area contributed by atoms with E-state index in [4.69, 9.17) is 0 Å². The summed E-state index contributed by atoms with van der Waals surface area (Å²) in [6, 6.07) is 13.6. The Morgan fingerprint density at radius 2 is 1.71 bits per heavy atom. The molecular weight excluding hydrogens is 348 g/mol. The number of hydrogen-bond acceptors (Lipinski definition) is 2. The van der Waals surface area contributed by atoms with Crippen LogP contribution in [0.1, 0.15) is 48.1 Å². The van der Waals surface area contributed by atoms with E-state index in [0.29, 0.717) is 19.5 Å². The van der Waals surface area contributed by atoms with Gasteiger partial charge in [0.25, 0.3) is 0 Å². The number of carbonyl (C=O) groups excluding carboxylic acids is 2. The first-order valence-electron chi connectivity index (χ1n) is 10.0. The Morgan fingerprint density at radius 3 is 2.36 bits per heavy atom. The highest BCUT2D eigenvalue weighted by Crippen LogP contribution is 2.16. The van der Waals surface area contributed by atoms with E-state index in [1.54, 1.807) is 4.90 Å². The maximum absolute atomic E-state index is 13.2. The third-order valence-electron chi connectivity index (χ3n) is 5.25. The molecule has 28 heavy (non-hydrogen) atoms. The van der Waals surface area contributed by atoms with Gasteiger partial charge < -0.3 is 10.2 Å². The summed E-state index contributed by atoms with van der Waals surface area (Å²) >= 11 is 0. The predicted octanol–water partition coefficient (Wildman–Crippen LogP) is 4.10. The van der Waals surface area contributed by atoms with Crippen molar-refractivity contribution < 1.29 is 9.59 Å². The summed E-state index contributed by atoms with van der Waals surface area (Å²) in [4.78, 5) is 27.5. The fourth-order valence-electron chi connectivity index (χ4n) is 3.14. The van der Waals surface area contributed by atoms with Gasteiger partial charge in [0, 0.05) is 13.1 Å². The number of nitrogens with zero attached hydrogens (tertiary/aromatic N) is 1. The van der Waals surface area contributed by atoms with Gasteiger partial charge in [-0.3, -0.25) is 9.59 Å². The van der Waals surface area contributed by atoms with Crippen molar-refractivity contribution in [1.82, 2.24) is 10.2 Å². The number of aryl methyl sites for hydroxylation is 3. The molecule has 2 amide bonds. The van der Waals surface area contributed by atoms with Crippen molar-refractivity contribution in [2.24, 2.45) is 0 Å². The molecular formula is C24H32N2O2. The van der Waals surface area contributed by atoms with Crippen LogP contribution in [0.25, 0.3) is 0 Å². The van der Waals surface area contributed by atoms with Crippen molar-refractivity contribution in [2.45, 2.75) is 60.0 Å². The van der Waals surface area contributed by atoms with Crippen LogP contribution in [0.3, 0.4) is 0 Å². The molecule has 0 saturated heterocycles.